The summed E-state index contributed by atoms with van der Waals surface area (Å²) in [5, 5.41) is 3.55. The number of morpholine rings is 2. The lowest BCUT2D eigenvalue weighted by molar-refractivity contribution is -0.187. The van der Waals surface area contributed by atoms with Gasteiger partial charge in [-0.3, -0.25) is 4.90 Å². The van der Waals surface area contributed by atoms with E-state index in [1.807, 2.05) is 0 Å². The third-order valence-electron chi connectivity index (χ3n) is 3.97. The topological polar surface area (TPSA) is 33.7 Å². The number of rotatable bonds is 3. The van der Waals surface area contributed by atoms with Crippen LogP contribution in [-0.4, -0.2) is 61.0 Å². The molecule has 0 saturated carbocycles. The lowest BCUT2D eigenvalue weighted by atomic mass is 9.96. The lowest BCUT2D eigenvalue weighted by Gasteiger charge is -2.49. The van der Waals surface area contributed by atoms with E-state index in [0.717, 1.165) is 39.3 Å². The SMILES string of the molecule is CC(CC1COCCN1)N1CC(C)(C)OC(C)(C)C1. The molecule has 0 radical (unpaired) electrons. The van der Waals surface area contributed by atoms with Gasteiger partial charge in [0.1, 0.15) is 0 Å². The average Bonchev–Trinajstić information content (AvgIpc) is 2.26. The highest BCUT2D eigenvalue weighted by Crippen LogP contribution is 2.30. The van der Waals surface area contributed by atoms with E-state index in [-0.39, 0.29) is 11.2 Å². The summed E-state index contributed by atoms with van der Waals surface area (Å²) in [6, 6.07) is 1.06. The van der Waals surface area contributed by atoms with E-state index in [1.165, 1.54) is 0 Å². The van der Waals surface area contributed by atoms with Gasteiger partial charge in [-0.25, -0.2) is 0 Å². The van der Waals surface area contributed by atoms with Crippen LogP contribution in [0.25, 0.3) is 0 Å². The van der Waals surface area contributed by atoms with Crippen molar-refractivity contribution in [3.8, 4) is 0 Å². The molecule has 112 valence electrons. The van der Waals surface area contributed by atoms with Crippen LogP contribution in [0.2, 0.25) is 0 Å². The van der Waals surface area contributed by atoms with Crippen molar-refractivity contribution < 1.29 is 9.47 Å². The summed E-state index contributed by atoms with van der Waals surface area (Å²) in [5.41, 5.74) is -0.126. The number of nitrogens with one attached hydrogen (secondary N) is 1. The van der Waals surface area contributed by atoms with Crippen molar-refractivity contribution in [2.75, 3.05) is 32.8 Å². The van der Waals surface area contributed by atoms with Gasteiger partial charge in [0.2, 0.25) is 0 Å². The normalized spacial score (nSPS) is 33.0. The Balaban J connectivity index is 1.92. The first-order valence-corrected chi connectivity index (χ1v) is 7.53. The molecular formula is C15H30N2O2. The molecule has 19 heavy (non-hydrogen) atoms. The highest BCUT2D eigenvalue weighted by Gasteiger charge is 2.39. The first kappa shape index (κ1) is 15.2. The Bertz CT molecular complexity index is 283. The molecule has 2 unspecified atom stereocenters. The Kier molecular flexibility index (Phi) is 4.56. The van der Waals surface area contributed by atoms with Gasteiger partial charge in [0.15, 0.2) is 0 Å². The van der Waals surface area contributed by atoms with Gasteiger partial charge in [-0.15, -0.1) is 0 Å². The molecule has 0 aromatic carbocycles. The van der Waals surface area contributed by atoms with Gasteiger partial charge in [0.05, 0.1) is 24.4 Å². The number of hydrogen-bond donors (Lipinski definition) is 1. The van der Waals surface area contributed by atoms with Crippen molar-refractivity contribution in [3.63, 3.8) is 0 Å². The van der Waals surface area contributed by atoms with Gasteiger partial charge in [0.25, 0.3) is 0 Å². The Morgan fingerprint density at radius 1 is 1.21 bits per heavy atom. The molecule has 2 saturated heterocycles. The predicted molar refractivity (Wildman–Crippen MR) is 77.5 cm³/mol. The van der Waals surface area contributed by atoms with Crippen molar-refractivity contribution in [2.24, 2.45) is 0 Å². The smallest absolute Gasteiger partial charge is 0.0760 e. The third kappa shape index (κ3) is 4.42. The molecule has 2 heterocycles. The molecule has 2 rings (SSSR count). The van der Waals surface area contributed by atoms with Crippen molar-refractivity contribution in [1.29, 1.82) is 0 Å². The molecule has 0 amide bonds. The Morgan fingerprint density at radius 3 is 2.37 bits per heavy atom. The van der Waals surface area contributed by atoms with Crippen LogP contribution in [0, 0.1) is 0 Å². The molecule has 0 aromatic heterocycles. The van der Waals surface area contributed by atoms with Gasteiger partial charge in [-0.1, -0.05) is 0 Å². The van der Waals surface area contributed by atoms with E-state index in [4.69, 9.17) is 9.47 Å². The molecule has 2 aliphatic heterocycles. The van der Waals surface area contributed by atoms with Crippen LogP contribution in [0.15, 0.2) is 0 Å². The van der Waals surface area contributed by atoms with E-state index >= 15 is 0 Å². The molecule has 0 aromatic rings. The molecule has 0 aliphatic carbocycles. The second-order valence-corrected chi connectivity index (χ2v) is 7.34. The minimum atomic E-state index is -0.0630. The molecule has 2 fully saturated rings. The van der Waals surface area contributed by atoms with E-state index < -0.39 is 0 Å². The largest absolute Gasteiger partial charge is 0.379 e. The fourth-order valence-corrected chi connectivity index (χ4v) is 3.49. The van der Waals surface area contributed by atoms with E-state index in [2.05, 4.69) is 44.8 Å². The highest BCUT2D eigenvalue weighted by molar-refractivity contribution is 4.92. The van der Waals surface area contributed by atoms with E-state index in [9.17, 15) is 0 Å². The van der Waals surface area contributed by atoms with Crippen LogP contribution >= 0.6 is 0 Å². The van der Waals surface area contributed by atoms with Crippen molar-refractivity contribution in [2.45, 2.75) is 64.3 Å². The second-order valence-electron chi connectivity index (χ2n) is 7.34. The zero-order valence-electron chi connectivity index (χ0n) is 13.2. The maximum absolute atomic E-state index is 6.15. The molecule has 4 heteroatoms. The molecule has 1 N–H and O–H groups in total. The Hall–Kier alpha value is -0.160. The van der Waals surface area contributed by atoms with E-state index in [0.29, 0.717) is 12.1 Å². The fraction of sp³-hybridized carbons (Fsp3) is 1.00. The highest BCUT2D eigenvalue weighted by atomic mass is 16.5. The van der Waals surface area contributed by atoms with Crippen LogP contribution in [0.5, 0.6) is 0 Å². The molecule has 4 nitrogen and oxygen atoms in total. The summed E-state index contributed by atoms with van der Waals surface area (Å²) in [5.74, 6) is 0. The molecule has 2 aliphatic rings. The number of nitrogens with zero attached hydrogens (tertiary/aromatic N) is 1. The molecule has 0 spiro atoms. The molecule has 2 atom stereocenters. The second kappa shape index (κ2) is 5.68. The van der Waals surface area contributed by atoms with Crippen molar-refractivity contribution >= 4 is 0 Å². The van der Waals surface area contributed by atoms with E-state index in [1.54, 1.807) is 0 Å². The third-order valence-corrected chi connectivity index (χ3v) is 3.97. The number of ether oxygens (including phenoxy) is 2. The van der Waals surface area contributed by atoms with Crippen LogP contribution < -0.4 is 5.32 Å². The van der Waals surface area contributed by atoms with Gasteiger partial charge in [-0.05, 0) is 41.0 Å². The maximum atomic E-state index is 6.15. The summed E-state index contributed by atoms with van der Waals surface area (Å²) >= 11 is 0. The minimum Gasteiger partial charge on any atom is -0.379 e. The van der Waals surface area contributed by atoms with Gasteiger partial charge in [0, 0.05) is 31.7 Å². The summed E-state index contributed by atoms with van der Waals surface area (Å²) in [7, 11) is 0. The maximum Gasteiger partial charge on any atom is 0.0760 e. The first-order chi connectivity index (χ1) is 8.77. The minimum absolute atomic E-state index is 0.0630. The van der Waals surface area contributed by atoms with Crippen LogP contribution in [0.3, 0.4) is 0 Å². The van der Waals surface area contributed by atoms with Crippen molar-refractivity contribution in [3.05, 3.63) is 0 Å². The van der Waals surface area contributed by atoms with Crippen molar-refractivity contribution in [1.82, 2.24) is 10.2 Å². The monoisotopic (exact) mass is 270 g/mol. The van der Waals surface area contributed by atoms with Crippen LogP contribution in [-0.2, 0) is 9.47 Å². The average molecular weight is 270 g/mol. The zero-order chi connectivity index (χ0) is 14.1. The Labute approximate surface area is 117 Å². The molecule has 0 bridgehead atoms. The quantitative estimate of drug-likeness (QED) is 0.845. The zero-order valence-corrected chi connectivity index (χ0v) is 13.2. The first-order valence-electron chi connectivity index (χ1n) is 7.53. The van der Waals surface area contributed by atoms with Gasteiger partial charge < -0.3 is 14.8 Å². The summed E-state index contributed by atoms with van der Waals surface area (Å²) < 4.78 is 11.7. The summed E-state index contributed by atoms with van der Waals surface area (Å²) in [4.78, 5) is 2.57. The van der Waals surface area contributed by atoms with Crippen LogP contribution in [0.4, 0.5) is 0 Å². The summed E-state index contributed by atoms with van der Waals surface area (Å²) in [6.45, 7) is 15.8. The fourth-order valence-electron chi connectivity index (χ4n) is 3.49. The lowest BCUT2D eigenvalue weighted by Crippen LogP contribution is -2.60. The Morgan fingerprint density at radius 2 is 1.84 bits per heavy atom. The van der Waals surface area contributed by atoms with Gasteiger partial charge >= 0.3 is 0 Å². The number of hydrogen-bond acceptors (Lipinski definition) is 4. The summed E-state index contributed by atoms with van der Waals surface area (Å²) in [6.07, 6.45) is 1.14. The van der Waals surface area contributed by atoms with Gasteiger partial charge in [-0.2, -0.15) is 0 Å². The standard InChI is InChI=1S/C15H30N2O2/c1-12(8-13-9-18-7-6-16-13)17-10-14(2,3)19-15(4,5)11-17/h12-13,16H,6-11H2,1-5H3. The molecular weight excluding hydrogens is 240 g/mol. The predicted octanol–water partition coefficient (Wildman–Crippen LogP) is 1.64. The van der Waals surface area contributed by atoms with Crippen LogP contribution in [0.1, 0.15) is 41.0 Å².